The van der Waals surface area contributed by atoms with Crippen molar-refractivity contribution in [1.82, 2.24) is 20.7 Å². The number of nitrogens with zero attached hydrogens (tertiary/aromatic N) is 2. The summed E-state index contributed by atoms with van der Waals surface area (Å²) in [6, 6.07) is 22.8. The number of methoxy groups -OCH3 is 1. The predicted octanol–water partition coefficient (Wildman–Crippen LogP) is 5.84. The number of hydrogen-bond acceptors (Lipinski definition) is 7. The molecule has 2 aromatic heterocycles. The lowest BCUT2D eigenvalue weighted by atomic mass is 9.94. The summed E-state index contributed by atoms with van der Waals surface area (Å²) in [6.45, 7) is 6.83. The Kier molecular flexibility index (Phi) is 8.32. The Hall–Kier alpha value is -5.09. The molecule has 0 bridgehead atoms. The van der Waals surface area contributed by atoms with Gasteiger partial charge in [0, 0.05) is 24.0 Å². The highest BCUT2D eigenvalue weighted by Gasteiger charge is 2.39. The lowest BCUT2D eigenvalue weighted by molar-refractivity contribution is -0.120. The van der Waals surface area contributed by atoms with Gasteiger partial charge < -0.3 is 29.4 Å². The van der Waals surface area contributed by atoms with Crippen LogP contribution < -0.4 is 15.4 Å². The number of hydrogen-bond donors (Lipinski definition) is 3. The first-order valence-electron chi connectivity index (χ1n) is 14.9. The van der Waals surface area contributed by atoms with E-state index in [0.717, 1.165) is 44.6 Å². The van der Waals surface area contributed by atoms with Gasteiger partial charge in [-0.15, -0.1) is 0 Å². The molecule has 2 unspecified atom stereocenters. The lowest BCUT2D eigenvalue weighted by Crippen LogP contribution is -2.60. The number of carboxylic acid groups (broad SMARTS) is 1. The van der Waals surface area contributed by atoms with E-state index >= 15 is 0 Å². The zero-order valence-electron chi connectivity index (χ0n) is 25.7. The van der Waals surface area contributed by atoms with E-state index in [0.29, 0.717) is 30.2 Å². The molecule has 45 heavy (non-hydrogen) atoms. The molecule has 2 amide bonds. The maximum absolute atomic E-state index is 13.5. The Labute approximate surface area is 261 Å². The van der Waals surface area contributed by atoms with E-state index in [9.17, 15) is 9.59 Å². The fourth-order valence-corrected chi connectivity index (χ4v) is 6.22. The van der Waals surface area contributed by atoms with E-state index in [4.69, 9.17) is 18.8 Å². The molecule has 5 aromatic rings. The van der Waals surface area contributed by atoms with Crippen LogP contribution in [-0.4, -0.2) is 53.4 Å². The van der Waals surface area contributed by atoms with Gasteiger partial charge in [-0.3, -0.25) is 9.69 Å². The van der Waals surface area contributed by atoms with Crippen LogP contribution in [0.1, 0.15) is 57.1 Å². The van der Waals surface area contributed by atoms with Crippen LogP contribution in [0.25, 0.3) is 11.0 Å². The molecular formula is C35H36N4O6. The quantitative estimate of drug-likeness (QED) is 0.180. The topological polar surface area (TPSA) is 130 Å². The largest absolute Gasteiger partial charge is 0.497 e. The van der Waals surface area contributed by atoms with Crippen LogP contribution >= 0.6 is 0 Å². The van der Waals surface area contributed by atoms with Crippen molar-refractivity contribution in [2.75, 3.05) is 20.2 Å². The second-order valence-electron chi connectivity index (χ2n) is 11.6. The van der Waals surface area contributed by atoms with Crippen LogP contribution in [-0.2, 0) is 11.2 Å². The summed E-state index contributed by atoms with van der Waals surface area (Å²) in [5, 5.41) is 20.0. The third-order valence-corrected chi connectivity index (χ3v) is 8.42. The smallest absolute Gasteiger partial charge is 0.404 e. The molecule has 0 radical (unpaired) electrons. The number of carbonyl (C=O) groups is 2. The van der Waals surface area contributed by atoms with Gasteiger partial charge in [0.1, 0.15) is 22.9 Å². The Balaban J connectivity index is 1.24. The van der Waals surface area contributed by atoms with Gasteiger partial charge in [-0.1, -0.05) is 47.6 Å². The molecule has 0 spiro atoms. The lowest BCUT2D eigenvalue weighted by Gasteiger charge is -2.43. The van der Waals surface area contributed by atoms with Gasteiger partial charge in [0.15, 0.2) is 0 Å². The van der Waals surface area contributed by atoms with Crippen molar-refractivity contribution in [2.45, 2.75) is 45.3 Å². The molecule has 6 rings (SSSR count). The van der Waals surface area contributed by atoms with Gasteiger partial charge in [-0.05, 0) is 73.4 Å². The average Bonchev–Trinajstić information content (AvgIpc) is 3.57. The van der Waals surface area contributed by atoms with Gasteiger partial charge in [-0.2, -0.15) is 0 Å². The molecule has 0 aliphatic carbocycles. The second-order valence-corrected chi connectivity index (χ2v) is 11.6. The van der Waals surface area contributed by atoms with Gasteiger partial charge in [-0.25, -0.2) is 4.79 Å². The molecule has 3 heterocycles. The molecule has 1 aliphatic heterocycles. The highest BCUT2D eigenvalue weighted by molar-refractivity contribution is 5.83. The van der Waals surface area contributed by atoms with Crippen molar-refractivity contribution in [3.05, 3.63) is 118 Å². The SMILES string of the molecule is COc1ccc(C(NC(=O)Cc2ccc3oc(C(c4c(C)noc4C)N4CC(NC(=O)O)C4)cc3c2)c2ccccc2)c(C)c1. The van der Waals surface area contributed by atoms with Gasteiger partial charge in [0.05, 0.1) is 37.4 Å². The van der Waals surface area contributed by atoms with Gasteiger partial charge >= 0.3 is 6.09 Å². The normalized spacial score (nSPS) is 14.9. The van der Waals surface area contributed by atoms with E-state index < -0.39 is 6.09 Å². The summed E-state index contributed by atoms with van der Waals surface area (Å²) < 4.78 is 17.2. The summed E-state index contributed by atoms with van der Waals surface area (Å²) in [5.41, 5.74) is 6.23. The Morgan fingerprint density at radius 3 is 2.49 bits per heavy atom. The molecular weight excluding hydrogens is 572 g/mol. The maximum Gasteiger partial charge on any atom is 0.404 e. The zero-order chi connectivity index (χ0) is 31.7. The van der Waals surface area contributed by atoms with E-state index in [1.807, 2.05) is 93.6 Å². The standard InChI is InChI=1S/C35H36N4O6/c1-20-14-27(43-4)11-12-28(20)33(24-8-6-5-7-9-24)37-31(40)16-23-10-13-29-25(15-23)17-30(44-29)34(32-21(2)38-45-22(32)3)39-18-26(19-39)36-35(41)42/h5-15,17,26,33-34,36H,16,18-19H2,1-4H3,(H,37,40)(H,41,42). The highest BCUT2D eigenvalue weighted by atomic mass is 16.5. The van der Waals surface area contributed by atoms with Crippen molar-refractivity contribution >= 4 is 23.0 Å². The van der Waals surface area contributed by atoms with Crippen LogP contribution in [0.3, 0.4) is 0 Å². The van der Waals surface area contributed by atoms with Crippen LogP contribution in [0.4, 0.5) is 4.79 Å². The number of benzene rings is 3. The molecule has 1 saturated heterocycles. The van der Waals surface area contributed by atoms with E-state index in [-0.39, 0.29) is 30.5 Å². The summed E-state index contributed by atoms with van der Waals surface area (Å²) in [5.74, 6) is 2.05. The monoisotopic (exact) mass is 608 g/mol. The van der Waals surface area contributed by atoms with Crippen LogP contribution in [0.15, 0.2) is 81.7 Å². The van der Waals surface area contributed by atoms with Crippen LogP contribution in [0, 0.1) is 20.8 Å². The average molecular weight is 609 g/mol. The molecule has 1 fully saturated rings. The fourth-order valence-electron chi connectivity index (χ4n) is 6.22. The molecule has 10 heteroatoms. The van der Waals surface area contributed by atoms with Gasteiger partial charge in [0.2, 0.25) is 5.91 Å². The number of nitrogens with one attached hydrogen (secondary N) is 2. The number of carbonyl (C=O) groups excluding carboxylic acids is 1. The van der Waals surface area contributed by atoms with Crippen molar-refractivity contribution in [1.29, 1.82) is 0 Å². The highest BCUT2D eigenvalue weighted by Crippen LogP contribution is 2.38. The number of amides is 2. The number of furan rings is 1. The number of ether oxygens (including phenoxy) is 1. The molecule has 232 valence electrons. The summed E-state index contributed by atoms with van der Waals surface area (Å²) >= 11 is 0. The zero-order valence-corrected chi connectivity index (χ0v) is 25.7. The molecule has 0 saturated carbocycles. The van der Waals surface area contributed by atoms with Gasteiger partial charge in [0.25, 0.3) is 0 Å². The Bertz CT molecular complexity index is 1820. The van der Waals surface area contributed by atoms with E-state index in [1.165, 1.54) is 0 Å². The number of aromatic nitrogens is 1. The van der Waals surface area contributed by atoms with Crippen molar-refractivity contribution in [2.24, 2.45) is 0 Å². The van der Waals surface area contributed by atoms with E-state index in [2.05, 4.69) is 20.7 Å². The molecule has 10 nitrogen and oxygen atoms in total. The first kappa shape index (κ1) is 30.0. The summed E-state index contributed by atoms with van der Waals surface area (Å²) in [4.78, 5) is 26.8. The number of fused-ring (bicyclic) bond motifs is 1. The first-order chi connectivity index (χ1) is 21.7. The Morgan fingerprint density at radius 2 is 1.82 bits per heavy atom. The van der Waals surface area contributed by atoms with Crippen molar-refractivity contribution in [3.8, 4) is 5.75 Å². The minimum atomic E-state index is -1.04. The minimum Gasteiger partial charge on any atom is -0.497 e. The van der Waals surface area contributed by atoms with E-state index in [1.54, 1.807) is 7.11 Å². The number of likely N-dealkylation sites (tertiary alicyclic amines) is 1. The maximum atomic E-state index is 13.5. The summed E-state index contributed by atoms with van der Waals surface area (Å²) in [7, 11) is 1.64. The third kappa shape index (κ3) is 6.28. The number of rotatable bonds is 10. The Morgan fingerprint density at radius 1 is 1.04 bits per heavy atom. The van der Waals surface area contributed by atoms with Crippen LogP contribution in [0.2, 0.25) is 0 Å². The van der Waals surface area contributed by atoms with Crippen LogP contribution in [0.5, 0.6) is 5.75 Å². The summed E-state index contributed by atoms with van der Waals surface area (Å²) in [6.07, 6.45) is -0.847. The minimum absolute atomic E-state index is 0.103. The second kappa shape index (κ2) is 12.5. The fraction of sp³-hybridized carbons (Fsp3) is 0.286. The third-order valence-electron chi connectivity index (χ3n) is 8.42. The van der Waals surface area contributed by atoms with Crippen molar-refractivity contribution in [3.63, 3.8) is 0 Å². The predicted molar refractivity (Wildman–Crippen MR) is 168 cm³/mol. The molecule has 2 atom stereocenters. The molecule has 3 aromatic carbocycles. The molecule has 1 aliphatic rings. The van der Waals surface area contributed by atoms with Crippen molar-refractivity contribution < 1.29 is 28.4 Å². The first-order valence-corrected chi connectivity index (χ1v) is 14.9. The molecule has 3 N–H and O–H groups in total. The number of aryl methyl sites for hydroxylation is 3.